The zero-order valence-electron chi connectivity index (χ0n) is 21.7. The highest BCUT2D eigenvalue weighted by molar-refractivity contribution is 5.70. The molecule has 0 aliphatic rings. The highest BCUT2D eigenvalue weighted by Crippen LogP contribution is 2.23. The summed E-state index contributed by atoms with van der Waals surface area (Å²) in [5, 5.41) is 2.83. The quantitative estimate of drug-likeness (QED) is 0.161. The first-order chi connectivity index (χ1) is 17.3. The molecule has 0 aliphatic carbocycles. The fourth-order valence-electron chi connectivity index (χ4n) is 3.91. The zero-order chi connectivity index (χ0) is 24.8. The minimum Gasteiger partial charge on any atom is -0.457 e. The molecule has 0 heterocycles. The van der Waals surface area contributed by atoms with Gasteiger partial charge in [0, 0.05) is 6.54 Å². The number of carbonyl (C=O) groups is 1. The number of nitrogens with one attached hydrogen (secondary N) is 1. The van der Waals surface area contributed by atoms with E-state index in [1.54, 1.807) is 24.3 Å². The molecular weight excluding hydrogens is 434 g/mol. The van der Waals surface area contributed by atoms with Crippen molar-refractivity contribution in [2.24, 2.45) is 0 Å². The topological polar surface area (TPSA) is 47.6 Å². The molecule has 1 amide bonds. The number of ether oxygens (including phenoxy) is 2. The maximum absolute atomic E-state index is 12.0. The van der Waals surface area contributed by atoms with Crippen LogP contribution >= 0.6 is 0 Å². The number of rotatable bonds is 19. The zero-order valence-corrected chi connectivity index (χ0v) is 21.7. The normalized spacial score (nSPS) is 11.0. The first-order valence-electron chi connectivity index (χ1n) is 13.7. The van der Waals surface area contributed by atoms with Crippen molar-refractivity contribution in [3.8, 4) is 17.2 Å². The lowest BCUT2D eigenvalue weighted by atomic mass is 10.1. The van der Waals surface area contributed by atoms with Gasteiger partial charge in [-0.3, -0.25) is 0 Å². The van der Waals surface area contributed by atoms with Gasteiger partial charge in [0.05, 0.1) is 0 Å². The summed E-state index contributed by atoms with van der Waals surface area (Å²) in [5.74, 6) is 1.98. The van der Waals surface area contributed by atoms with Gasteiger partial charge in [-0.25, -0.2) is 4.79 Å². The van der Waals surface area contributed by atoms with Crippen LogP contribution < -0.4 is 14.8 Å². The third kappa shape index (κ3) is 15.0. The molecule has 0 atom stereocenters. The van der Waals surface area contributed by atoms with Crippen molar-refractivity contribution in [2.75, 3.05) is 6.54 Å². The molecule has 0 unspecified atom stereocenters. The minimum absolute atomic E-state index is 0.408. The summed E-state index contributed by atoms with van der Waals surface area (Å²) in [5.41, 5.74) is 0. The predicted molar refractivity (Wildman–Crippen MR) is 146 cm³/mol. The molecule has 0 saturated carbocycles. The maximum Gasteiger partial charge on any atom is 0.412 e. The molecule has 0 radical (unpaired) electrons. The SMILES string of the molecule is CCCCCCCCC=CCCCCCCCCNC(=O)Oc1ccc(Oc2ccccc2)cc1. The van der Waals surface area contributed by atoms with Crippen LogP contribution in [0.2, 0.25) is 0 Å². The van der Waals surface area contributed by atoms with Crippen LogP contribution in [-0.4, -0.2) is 12.6 Å². The summed E-state index contributed by atoms with van der Waals surface area (Å²) < 4.78 is 11.1. The number of unbranched alkanes of at least 4 members (excludes halogenated alkanes) is 12. The molecule has 192 valence electrons. The highest BCUT2D eigenvalue weighted by Gasteiger charge is 2.04. The molecule has 4 nitrogen and oxygen atoms in total. The fourth-order valence-corrected chi connectivity index (χ4v) is 3.91. The van der Waals surface area contributed by atoms with Crippen molar-refractivity contribution < 1.29 is 14.3 Å². The van der Waals surface area contributed by atoms with E-state index in [1.165, 1.54) is 77.0 Å². The van der Waals surface area contributed by atoms with Crippen LogP contribution in [0.3, 0.4) is 0 Å². The van der Waals surface area contributed by atoms with Gasteiger partial charge in [0.25, 0.3) is 0 Å². The van der Waals surface area contributed by atoms with Crippen LogP contribution in [-0.2, 0) is 0 Å². The molecule has 0 aliphatic heterocycles. The number of para-hydroxylation sites is 1. The number of carbonyl (C=O) groups excluding carboxylic acids is 1. The fraction of sp³-hybridized carbons (Fsp3) is 0.516. The van der Waals surface area contributed by atoms with Crippen molar-refractivity contribution in [3.05, 3.63) is 66.7 Å². The monoisotopic (exact) mass is 479 g/mol. The largest absolute Gasteiger partial charge is 0.457 e. The summed E-state index contributed by atoms with van der Waals surface area (Å²) in [6, 6.07) is 16.6. The van der Waals surface area contributed by atoms with Gasteiger partial charge >= 0.3 is 6.09 Å². The molecule has 0 spiro atoms. The molecule has 0 saturated heterocycles. The van der Waals surface area contributed by atoms with Crippen molar-refractivity contribution in [1.29, 1.82) is 0 Å². The number of allylic oxidation sites excluding steroid dienone is 2. The van der Waals surface area contributed by atoms with Crippen LogP contribution in [0.5, 0.6) is 17.2 Å². The van der Waals surface area contributed by atoms with Crippen LogP contribution in [0.25, 0.3) is 0 Å². The van der Waals surface area contributed by atoms with E-state index in [9.17, 15) is 4.79 Å². The maximum atomic E-state index is 12.0. The second-order valence-corrected chi connectivity index (χ2v) is 9.14. The summed E-state index contributed by atoms with van der Waals surface area (Å²) >= 11 is 0. The summed E-state index contributed by atoms with van der Waals surface area (Å²) in [4.78, 5) is 12.0. The highest BCUT2D eigenvalue weighted by atomic mass is 16.6. The number of amides is 1. The van der Waals surface area contributed by atoms with Gasteiger partial charge in [-0.1, -0.05) is 95.1 Å². The smallest absolute Gasteiger partial charge is 0.412 e. The van der Waals surface area contributed by atoms with Crippen LogP contribution in [0.4, 0.5) is 4.79 Å². The van der Waals surface area contributed by atoms with Crippen molar-refractivity contribution in [2.45, 2.75) is 96.8 Å². The summed E-state index contributed by atoms with van der Waals surface area (Å²) in [6.07, 6.45) is 22.2. The Bertz CT molecular complexity index is 802. The van der Waals surface area contributed by atoms with E-state index < -0.39 is 6.09 Å². The van der Waals surface area contributed by atoms with Gasteiger partial charge in [-0.15, -0.1) is 0 Å². The second kappa shape index (κ2) is 19.5. The number of benzene rings is 2. The van der Waals surface area contributed by atoms with E-state index >= 15 is 0 Å². The first kappa shape index (κ1) is 28.5. The lowest BCUT2D eigenvalue weighted by molar-refractivity contribution is 0.200. The molecule has 2 aromatic carbocycles. The molecule has 0 bridgehead atoms. The second-order valence-electron chi connectivity index (χ2n) is 9.14. The Morgan fingerprint density at radius 3 is 1.80 bits per heavy atom. The Morgan fingerprint density at radius 2 is 1.17 bits per heavy atom. The van der Waals surface area contributed by atoms with Gasteiger partial charge in [0.2, 0.25) is 0 Å². The summed E-state index contributed by atoms with van der Waals surface area (Å²) in [6.45, 7) is 2.92. The van der Waals surface area contributed by atoms with E-state index in [4.69, 9.17) is 9.47 Å². The number of hydrogen-bond acceptors (Lipinski definition) is 3. The van der Waals surface area contributed by atoms with Crippen LogP contribution in [0.15, 0.2) is 66.7 Å². The van der Waals surface area contributed by atoms with Crippen molar-refractivity contribution in [3.63, 3.8) is 0 Å². The van der Waals surface area contributed by atoms with Crippen LogP contribution in [0, 0.1) is 0 Å². The van der Waals surface area contributed by atoms with Crippen molar-refractivity contribution >= 4 is 6.09 Å². The van der Waals surface area contributed by atoms with Crippen LogP contribution in [0.1, 0.15) is 96.8 Å². The van der Waals surface area contributed by atoms with Gasteiger partial charge in [-0.05, 0) is 68.5 Å². The Balaban J connectivity index is 1.39. The Labute approximate surface area is 213 Å². The molecule has 35 heavy (non-hydrogen) atoms. The average Bonchev–Trinajstić information content (AvgIpc) is 2.88. The molecule has 2 aromatic rings. The van der Waals surface area contributed by atoms with E-state index in [1.807, 2.05) is 30.3 Å². The van der Waals surface area contributed by atoms with Gasteiger partial charge in [0.15, 0.2) is 0 Å². The standard InChI is InChI=1S/C31H45NO3/c1-2-3-4-5-6-7-8-9-10-11-12-13-14-15-16-20-27-32-31(33)35-30-25-23-29(24-26-30)34-28-21-18-17-19-22-28/h9-10,17-19,21-26H,2-8,11-16,20,27H2,1H3,(H,32,33). The van der Waals surface area contributed by atoms with Crippen molar-refractivity contribution in [1.82, 2.24) is 5.32 Å². The first-order valence-corrected chi connectivity index (χ1v) is 13.7. The molecule has 4 heteroatoms. The Kier molecular flexibility index (Phi) is 15.9. The van der Waals surface area contributed by atoms with Gasteiger partial charge < -0.3 is 14.8 Å². The van der Waals surface area contributed by atoms with Gasteiger partial charge in [0.1, 0.15) is 17.2 Å². The average molecular weight is 480 g/mol. The predicted octanol–water partition coefficient (Wildman–Crippen LogP) is 9.60. The third-order valence-corrected chi connectivity index (χ3v) is 5.97. The minimum atomic E-state index is -0.408. The van der Waals surface area contributed by atoms with Gasteiger partial charge in [-0.2, -0.15) is 0 Å². The Hall–Kier alpha value is -2.75. The lowest BCUT2D eigenvalue weighted by Gasteiger charge is -2.08. The molecule has 0 aromatic heterocycles. The Morgan fingerprint density at radius 1 is 0.657 bits per heavy atom. The van der Waals surface area contributed by atoms with E-state index in [0.717, 1.165) is 18.6 Å². The van der Waals surface area contributed by atoms with E-state index in [0.29, 0.717) is 18.0 Å². The van der Waals surface area contributed by atoms with E-state index in [-0.39, 0.29) is 0 Å². The molecule has 2 rings (SSSR count). The molecular formula is C31H45NO3. The lowest BCUT2D eigenvalue weighted by Crippen LogP contribution is -2.27. The molecule has 1 N–H and O–H groups in total. The third-order valence-electron chi connectivity index (χ3n) is 5.97. The molecule has 0 fully saturated rings. The summed E-state index contributed by atoms with van der Waals surface area (Å²) in [7, 11) is 0. The van der Waals surface area contributed by atoms with E-state index in [2.05, 4.69) is 24.4 Å². The number of hydrogen-bond donors (Lipinski definition) is 1.